The van der Waals surface area contributed by atoms with E-state index >= 15 is 0 Å². The van der Waals surface area contributed by atoms with Crippen molar-refractivity contribution in [1.29, 1.82) is 0 Å². The number of carbonyl (C=O) groups is 1. The van der Waals surface area contributed by atoms with E-state index in [0.717, 1.165) is 34.3 Å². The number of nitrogens with one attached hydrogen (secondary N) is 2. The van der Waals surface area contributed by atoms with Crippen molar-refractivity contribution in [3.05, 3.63) is 35.8 Å². The van der Waals surface area contributed by atoms with E-state index in [0.29, 0.717) is 6.41 Å². The van der Waals surface area contributed by atoms with E-state index in [4.69, 9.17) is 11.6 Å². The standard InChI is InChI=1S/C12H10ClN3O/c13-7-3-9-8-1-2-14-5-11(8)16-12(9)10(4-7)15-6-17/h1-2,4-7,16H,3H2,(H,15,17). The summed E-state index contributed by atoms with van der Waals surface area (Å²) in [7, 11) is 0. The molecule has 0 radical (unpaired) electrons. The summed E-state index contributed by atoms with van der Waals surface area (Å²) in [6.07, 6.45) is 6.79. The normalized spacial score (nSPS) is 18.6. The number of allylic oxidation sites excluding steroid dienone is 1. The molecule has 0 aromatic carbocycles. The van der Waals surface area contributed by atoms with Crippen LogP contribution in [0.4, 0.5) is 0 Å². The van der Waals surface area contributed by atoms with Crippen LogP contribution in [0, 0.1) is 0 Å². The highest BCUT2D eigenvalue weighted by Gasteiger charge is 2.22. The van der Waals surface area contributed by atoms with E-state index in [1.54, 1.807) is 12.4 Å². The van der Waals surface area contributed by atoms with Crippen LogP contribution in [0.25, 0.3) is 16.6 Å². The zero-order valence-electron chi connectivity index (χ0n) is 8.90. The molecular weight excluding hydrogens is 238 g/mol. The fourth-order valence-corrected chi connectivity index (χ4v) is 2.53. The highest BCUT2D eigenvalue weighted by atomic mass is 35.5. The van der Waals surface area contributed by atoms with Crippen LogP contribution >= 0.6 is 11.6 Å². The van der Waals surface area contributed by atoms with Gasteiger partial charge in [-0.05, 0) is 24.1 Å². The molecule has 4 nitrogen and oxygen atoms in total. The summed E-state index contributed by atoms with van der Waals surface area (Å²) in [6.45, 7) is 0. The zero-order valence-corrected chi connectivity index (χ0v) is 9.66. The van der Waals surface area contributed by atoms with E-state index in [1.807, 2.05) is 12.1 Å². The Hall–Kier alpha value is -1.81. The number of aromatic nitrogens is 2. The summed E-state index contributed by atoms with van der Waals surface area (Å²) >= 11 is 6.17. The van der Waals surface area contributed by atoms with Crippen molar-refractivity contribution in [3.63, 3.8) is 0 Å². The third kappa shape index (κ3) is 1.61. The molecule has 0 bridgehead atoms. The fourth-order valence-electron chi connectivity index (χ4n) is 2.25. The Morgan fingerprint density at radius 2 is 2.47 bits per heavy atom. The Bertz CT molecular complexity index is 617. The molecule has 1 atom stereocenters. The van der Waals surface area contributed by atoms with Gasteiger partial charge in [0.25, 0.3) is 0 Å². The first-order valence-electron chi connectivity index (χ1n) is 5.30. The number of halogens is 1. The molecule has 1 amide bonds. The number of alkyl halides is 1. The lowest BCUT2D eigenvalue weighted by molar-refractivity contribution is -0.108. The lowest BCUT2D eigenvalue weighted by Crippen LogP contribution is -2.18. The number of nitrogens with zero attached hydrogens (tertiary/aromatic N) is 1. The molecule has 1 aliphatic carbocycles. The second-order valence-corrected chi connectivity index (χ2v) is 4.52. The van der Waals surface area contributed by atoms with Gasteiger partial charge in [-0.2, -0.15) is 0 Å². The monoisotopic (exact) mass is 247 g/mol. The smallest absolute Gasteiger partial charge is 0.211 e. The minimum atomic E-state index is -0.0999. The Morgan fingerprint density at radius 1 is 1.59 bits per heavy atom. The quantitative estimate of drug-likeness (QED) is 0.628. The van der Waals surface area contributed by atoms with Crippen LogP contribution in [0.15, 0.2) is 24.5 Å². The molecule has 1 aliphatic rings. The van der Waals surface area contributed by atoms with Gasteiger partial charge in [-0.1, -0.05) is 0 Å². The van der Waals surface area contributed by atoms with Gasteiger partial charge in [0.2, 0.25) is 6.41 Å². The first-order valence-corrected chi connectivity index (χ1v) is 5.74. The van der Waals surface area contributed by atoms with E-state index < -0.39 is 0 Å². The Balaban J connectivity index is 2.23. The first-order chi connectivity index (χ1) is 8.29. The van der Waals surface area contributed by atoms with Crippen molar-refractivity contribution in [2.75, 3.05) is 0 Å². The minimum absolute atomic E-state index is 0.0999. The second kappa shape index (κ2) is 3.89. The van der Waals surface area contributed by atoms with Gasteiger partial charge in [0.05, 0.1) is 28.5 Å². The highest BCUT2D eigenvalue weighted by Crippen LogP contribution is 2.32. The first kappa shape index (κ1) is 10.4. The molecule has 17 heavy (non-hydrogen) atoms. The highest BCUT2D eigenvalue weighted by molar-refractivity contribution is 6.23. The number of pyridine rings is 1. The molecule has 2 aromatic heterocycles. The summed E-state index contributed by atoms with van der Waals surface area (Å²) in [6, 6.07) is 1.96. The maximum absolute atomic E-state index is 10.6. The lowest BCUT2D eigenvalue weighted by Gasteiger charge is -2.16. The molecule has 86 valence electrons. The Kier molecular flexibility index (Phi) is 2.37. The van der Waals surface area contributed by atoms with Crippen molar-refractivity contribution in [1.82, 2.24) is 15.3 Å². The molecule has 2 aromatic rings. The molecule has 1 unspecified atom stereocenters. The molecule has 0 aliphatic heterocycles. The maximum Gasteiger partial charge on any atom is 0.211 e. The number of H-pyrrole nitrogens is 1. The summed E-state index contributed by atoms with van der Waals surface area (Å²) in [5.41, 5.74) is 3.76. The summed E-state index contributed by atoms with van der Waals surface area (Å²) < 4.78 is 0. The maximum atomic E-state index is 10.6. The van der Waals surface area contributed by atoms with Crippen LogP contribution in [0.5, 0.6) is 0 Å². The molecular formula is C12H10ClN3O. The number of aromatic amines is 1. The Labute approximate surface area is 103 Å². The van der Waals surface area contributed by atoms with Gasteiger partial charge >= 0.3 is 0 Å². The van der Waals surface area contributed by atoms with E-state index in [9.17, 15) is 4.79 Å². The number of hydrogen-bond donors (Lipinski definition) is 2. The van der Waals surface area contributed by atoms with Crippen LogP contribution in [-0.2, 0) is 11.2 Å². The molecule has 2 heterocycles. The van der Waals surface area contributed by atoms with Gasteiger partial charge in [-0.3, -0.25) is 9.78 Å². The number of amides is 1. The topological polar surface area (TPSA) is 57.8 Å². The van der Waals surface area contributed by atoms with Gasteiger partial charge in [-0.15, -0.1) is 11.6 Å². The molecule has 0 saturated heterocycles. The number of carbonyl (C=O) groups excluding carboxylic acids is 1. The van der Waals surface area contributed by atoms with Crippen LogP contribution in [0.2, 0.25) is 0 Å². The number of fused-ring (bicyclic) bond motifs is 3. The molecule has 0 fully saturated rings. The largest absolute Gasteiger partial charge is 0.352 e. The van der Waals surface area contributed by atoms with Gasteiger partial charge in [0.1, 0.15) is 0 Å². The molecule has 2 N–H and O–H groups in total. The predicted octanol–water partition coefficient (Wildman–Crippen LogP) is 1.81. The third-order valence-corrected chi connectivity index (χ3v) is 3.22. The van der Waals surface area contributed by atoms with Crippen molar-refractivity contribution in [3.8, 4) is 0 Å². The van der Waals surface area contributed by atoms with E-state index in [1.165, 1.54) is 0 Å². The number of rotatable bonds is 2. The average molecular weight is 248 g/mol. The van der Waals surface area contributed by atoms with Gasteiger partial charge in [0.15, 0.2) is 0 Å². The molecule has 5 heteroatoms. The fraction of sp³-hybridized carbons (Fsp3) is 0.167. The van der Waals surface area contributed by atoms with Gasteiger partial charge in [-0.25, -0.2) is 0 Å². The third-order valence-electron chi connectivity index (χ3n) is 2.94. The van der Waals surface area contributed by atoms with Gasteiger partial charge in [0, 0.05) is 11.6 Å². The van der Waals surface area contributed by atoms with Crippen molar-refractivity contribution in [2.45, 2.75) is 11.8 Å². The SMILES string of the molecule is O=CNC1=CC(Cl)Cc2c1[nH]c1cnccc21. The van der Waals surface area contributed by atoms with Crippen LogP contribution < -0.4 is 5.32 Å². The zero-order chi connectivity index (χ0) is 11.8. The van der Waals surface area contributed by atoms with Gasteiger partial charge < -0.3 is 10.3 Å². The summed E-state index contributed by atoms with van der Waals surface area (Å²) in [4.78, 5) is 17.9. The second-order valence-electron chi connectivity index (χ2n) is 3.96. The summed E-state index contributed by atoms with van der Waals surface area (Å²) in [5, 5.41) is 3.69. The molecule has 3 rings (SSSR count). The average Bonchev–Trinajstić information content (AvgIpc) is 2.69. The predicted molar refractivity (Wildman–Crippen MR) is 66.6 cm³/mol. The molecule has 0 spiro atoms. The summed E-state index contributed by atoms with van der Waals surface area (Å²) in [5.74, 6) is 0. The van der Waals surface area contributed by atoms with E-state index in [2.05, 4.69) is 15.3 Å². The Morgan fingerprint density at radius 3 is 3.29 bits per heavy atom. The lowest BCUT2D eigenvalue weighted by atomic mass is 9.99. The van der Waals surface area contributed by atoms with Crippen molar-refractivity contribution < 1.29 is 4.79 Å². The minimum Gasteiger partial charge on any atom is -0.352 e. The van der Waals surface area contributed by atoms with Crippen LogP contribution in [0.3, 0.4) is 0 Å². The van der Waals surface area contributed by atoms with Crippen molar-refractivity contribution >= 4 is 34.6 Å². The van der Waals surface area contributed by atoms with Crippen molar-refractivity contribution in [2.24, 2.45) is 0 Å². The van der Waals surface area contributed by atoms with Crippen LogP contribution in [0.1, 0.15) is 11.3 Å². The molecule has 0 saturated carbocycles. The van der Waals surface area contributed by atoms with E-state index in [-0.39, 0.29) is 5.38 Å². The van der Waals surface area contributed by atoms with Crippen LogP contribution in [-0.4, -0.2) is 21.8 Å². The number of hydrogen-bond acceptors (Lipinski definition) is 2.